The van der Waals surface area contributed by atoms with Gasteiger partial charge in [-0.25, -0.2) is 0 Å². The predicted octanol–water partition coefficient (Wildman–Crippen LogP) is 2.77. The zero-order chi connectivity index (χ0) is 12.8. The lowest BCUT2D eigenvalue weighted by atomic mass is 9.95. The average Bonchev–Trinajstić information content (AvgIpc) is 2.85. The quantitative estimate of drug-likeness (QED) is 0.841. The summed E-state index contributed by atoms with van der Waals surface area (Å²) < 4.78 is 11.5. The van der Waals surface area contributed by atoms with Gasteiger partial charge in [0, 0.05) is 19.1 Å². The molecule has 0 saturated carbocycles. The second-order valence-electron chi connectivity index (χ2n) is 4.82. The molecule has 1 saturated heterocycles. The van der Waals surface area contributed by atoms with E-state index in [4.69, 9.17) is 9.47 Å². The van der Waals surface area contributed by atoms with Gasteiger partial charge in [-0.3, -0.25) is 0 Å². The van der Waals surface area contributed by atoms with Gasteiger partial charge in [-0.05, 0) is 37.6 Å². The number of hydrogen-bond donors (Lipinski definition) is 1. The molecule has 1 N–H and O–H groups in total. The Hall–Kier alpha value is -1.06. The Morgan fingerprint density at radius 2 is 2.33 bits per heavy atom. The van der Waals surface area contributed by atoms with E-state index in [2.05, 4.69) is 30.4 Å². The van der Waals surface area contributed by atoms with Gasteiger partial charge in [0.05, 0.1) is 12.7 Å². The van der Waals surface area contributed by atoms with Crippen LogP contribution in [0.3, 0.4) is 0 Å². The maximum absolute atomic E-state index is 5.87. The van der Waals surface area contributed by atoms with Gasteiger partial charge in [0.2, 0.25) is 0 Å². The summed E-state index contributed by atoms with van der Waals surface area (Å²) in [7, 11) is 2.00. The van der Waals surface area contributed by atoms with Crippen LogP contribution in [-0.4, -0.2) is 26.8 Å². The van der Waals surface area contributed by atoms with Gasteiger partial charge in [-0.2, -0.15) is 0 Å². The Kier molecular flexibility index (Phi) is 5.02. The molecule has 3 nitrogen and oxygen atoms in total. The third-order valence-corrected chi connectivity index (χ3v) is 3.34. The monoisotopic (exact) mass is 249 g/mol. The molecule has 2 atom stereocenters. The first-order chi connectivity index (χ1) is 8.85. The molecule has 100 valence electrons. The highest BCUT2D eigenvalue weighted by Crippen LogP contribution is 2.35. The molecule has 1 aliphatic heterocycles. The van der Waals surface area contributed by atoms with Crippen molar-refractivity contribution in [2.75, 3.05) is 26.8 Å². The van der Waals surface area contributed by atoms with Crippen molar-refractivity contribution >= 4 is 0 Å². The van der Waals surface area contributed by atoms with Gasteiger partial charge in [0.1, 0.15) is 5.75 Å². The van der Waals surface area contributed by atoms with Crippen LogP contribution in [0.2, 0.25) is 0 Å². The highest BCUT2D eigenvalue weighted by molar-refractivity contribution is 5.30. The van der Waals surface area contributed by atoms with E-state index in [9.17, 15) is 0 Å². The summed E-state index contributed by atoms with van der Waals surface area (Å²) >= 11 is 0. The van der Waals surface area contributed by atoms with Crippen LogP contribution in [0.4, 0.5) is 0 Å². The molecule has 18 heavy (non-hydrogen) atoms. The molecular formula is C15H23NO2. The SMILES string of the molecule is CCCOc1cccc(C2OCCC2CNC)c1. The zero-order valence-electron chi connectivity index (χ0n) is 11.3. The minimum Gasteiger partial charge on any atom is -0.494 e. The largest absolute Gasteiger partial charge is 0.494 e. The van der Waals surface area contributed by atoms with E-state index >= 15 is 0 Å². The van der Waals surface area contributed by atoms with Crippen molar-refractivity contribution in [1.82, 2.24) is 5.32 Å². The van der Waals surface area contributed by atoms with Crippen molar-refractivity contribution in [1.29, 1.82) is 0 Å². The molecule has 1 aliphatic rings. The lowest BCUT2D eigenvalue weighted by Crippen LogP contribution is -2.21. The molecule has 1 fully saturated rings. The van der Waals surface area contributed by atoms with Crippen LogP contribution in [0.15, 0.2) is 24.3 Å². The highest BCUT2D eigenvalue weighted by atomic mass is 16.5. The van der Waals surface area contributed by atoms with Gasteiger partial charge in [-0.1, -0.05) is 19.1 Å². The minimum absolute atomic E-state index is 0.211. The van der Waals surface area contributed by atoms with Crippen molar-refractivity contribution in [3.8, 4) is 5.75 Å². The summed E-state index contributed by atoms with van der Waals surface area (Å²) in [4.78, 5) is 0. The maximum atomic E-state index is 5.87. The van der Waals surface area contributed by atoms with E-state index in [0.29, 0.717) is 5.92 Å². The van der Waals surface area contributed by atoms with Gasteiger partial charge in [0.25, 0.3) is 0 Å². The first kappa shape index (κ1) is 13.4. The van der Waals surface area contributed by atoms with Crippen molar-refractivity contribution in [3.05, 3.63) is 29.8 Å². The molecule has 0 aliphatic carbocycles. The smallest absolute Gasteiger partial charge is 0.119 e. The van der Waals surface area contributed by atoms with E-state index in [1.165, 1.54) is 5.56 Å². The van der Waals surface area contributed by atoms with Crippen LogP contribution in [-0.2, 0) is 4.74 Å². The molecule has 1 aromatic rings. The van der Waals surface area contributed by atoms with E-state index in [1.807, 2.05) is 13.1 Å². The molecule has 2 rings (SSSR count). The second-order valence-corrected chi connectivity index (χ2v) is 4.82. The van der Waals surface area contributed by atoms with E-state index in [1.54, 1.807) is 0 Å². The molecule has 1 aromatic carbocycles. The predicted molar refractivity (Wildman–Crippen MR) is 73.0 cm³/mol. The van der Waals surface area contributed by atoms with Crippen LogP contribution < -0.4 is 10.1 Å². The Morgan fingerprint density at radius 3 is 3.11 bits per heavy atom. The normalized spacial score (nSPS) is 23.2. The van der Waals surface area contributed by atoms with Crippen LogP contribution in [0, 0.1) is 5.92 Å². The van der Waals surface area contributed by atoms with Crippen molar-refractivity contribution in [3.63, 3.8) is 0 Å². The number of nitrogens with one attached hydrogen (secondary N) is 1. The third kappa shape index (κ3) is 3.24. The van der Waals surface area contributed by atoms with Crippen molar-refractivity contribution < 1.29 is 9.47 Å². The molecular weight excluding hydrogens is 226 g/mol. The van der Waals surface area contributed by atoms with E-state index < -0.39 is 0 Å². The number of ether oxygens (including phenoxy) is 2. The maximum Gasteiger partial charge on any atom is 0.119 e. The van der Waals surface area contributed by atoms with Crippen LogP contribution in [0.25, 0.3) is 0 Å². The molecule has 1 heterocycles. The van der Waals surface area contributed by atoms with Crippen LogP contribution >= 0.6 is 0 Å². The third-order valence-electron chi connectivity index (χ3n) is 3.34. The Morgan fingerprint density at radius 1 is 1.44 bits per heavy atom. The summed E-state index contributed by atoms with van der Waals surface area (Å²) in [6.45, 7) is 4.75. The number of benzene rings is 1. The first-order valence-corrected chi connectivity index (χ1v) is 6.84. The molecule has 3 heteroatoms. The standard InChI is InChI=1S/C15H23NO2/c1-3-8-17-14-6-4-5-12(10-14)15-13(11-16-2)7-9-18-15/h4-6,10,13,15-16H,3,7-9,11H2,1-2H3. The van der Waals surface area contributed by atoms with Crippen LogP contribution in [0.1, 0.15) is 31.4 Å². The Balaban J connectivity index is 2.07. The van der Waals surface area contributed by atoms with E-state index in [0.717, 1.165) is 38.3 Å². The average molecular weight is 249 g/mol. The fourth-order valence-corrected chi connectivity index (χ4v) is 2.47. The van der Waals surface area contributed by atoms with Gasteiger partial charge >= 0.3 is 0 Å². The fourth-order valence-electron chi connectivity index (χ4n) is 2.47. The molecule has 0 bridgehead atoms. The fraction of sp³-hybridized carbons (Fsp3) is 0.600. The Bertz CT molecular complexity index is 367. The van der Waals surface area contributed by atoms with Gasteiger partial charge in [-0.15, -0.1) is 0 Å². The molecule has 0 amide bonds. The highest BCUT2D eigenvalue weighted by Gasteiger charge is 2.29. The Labute approximate surface area is 109 Å². The summed E-state index contributed by atoms with van der Waals surface area (Å²) in [5, 5.41) is 3.25. The van der Waals surface area contributed by atoms with Gasteiger partial charge < -0.3 is 14.8 Å². The molecule has 0 aromatic heterocycles. The van der Waals surface area contributed by atoms with Crippen molar-refractivity contribution in [2.45, 2.75) is 25.9 Å². The van der Waals surface area contributed by atoms with Crippen LogP contribution in [0.5, 0.6) is 5.75 Å². The van der Waals surface area contributed by atoms with E-state index in [-0.39, 0.29) is 6.10 Å². The summed E-state index contributed by atoms with van der Waals surface area (Å²) in [5.74, 6) is 1.52. The number of rotatable bonds is 6. The zero-order valence-corrected chi connectivity index (χ0v) is 11.3. The minimum atomic E-state index is 0.211. The first-order valence-electron chi connectivity index (χ1n) is 6.84. The molecule has 0 radical (unpaired) electrons. The van der Waals surface area contributed by atoms with Crippen molar-refractivity contribution in [2.24, 2.45) is 5.92 Å². The lowest BCUT2D eigenvalue weighted by molar-refractivity contribution is 0.0907. The molecule has 0 spiro atoms. The summed E-state index contributed by atoms with van der Waals surface area (Å²) in [5.41, 5.74) is 1.24. The van der Waals surface area contributed by atoms with Gasteiger partial charge in [0.15, 0.2) is 0 Å². The topological polar surface area (TPSA) is 30.5 Å². The summed E-state index contributed by atoms with van der Waals surface area (Å²) in [6, 6.07) is 8.32. The number of hydrogen-bond acceptors (Lipinski definition) is 3. The summed E-state index contributed by atoms with van der Waals surface area (Å²) in [6.07, 6.45) is 2.38. The lowest BCUT2D eigenvalue weighted by Gasteiger charge is -2.19. The second kappa shape index (κ2) is 6.76. The molecule has 2 unspecified atom stereocenters.